The Bertz CT molecular complexity index is 1130. The molecule has 2 aromatic carbocycles. The van der Waals surface area contributed by atoms with E-state index in [2.05, 4.69) is 5.32 Å². The van der Waals surface area contributed by atoms with Gasteiger partial charge in [0.25, 0.3) is 5.91 Å². The summed E-state index contributed by atoms with van der Waals surface area (Å²) in [5, 5.41) is 12.4. The van der Waals surface area contributed by atoms with Crippen LogP contribution in [0.25, 0.3) is 11.1 Å². The highest BCUT2D eigenvalue weighted by molar-refractivity contribution is 7.98. The lowest BCUT2D eigenvalue weighted by Crippen LogP contribution is -2.41. The van der Waals surface area contributed by atoms with Crippen LogP contribution >= 0.6 is 11.8 Å². The molecule has 1 fully saturated rings. The number of carboxylic acids is 1. The average Bonchev–Trinajstić information content (AvgIpc) is 2.93. The molecule has 2 aromatic rings. The molecule has 3 rings (SSSR count). The van der Waals surface area contributed by atoms with Gasteiger partial charge in [0.1, 0.15) is 6.04 Å². The maximum absolute atomic E-state index is 13.4. The summed E-state index contributed by atoms with van der Waals surface area (Å²) in [7, 11) is 3.55. The molecule has 212 valence electrons. The van der Waals surface area contributed by atoms with Crippen molar-refractivity contribution in [3.63, 3.8) is 0 Å². The lowest BCUT2D eigenvalue weighted by Gasteiger charge is -2.29. The van der Waals surface area contributed by atoms with Gasteiger partial charge < -0.3 is 20.2 Å². The van der Waals surface area contributed by atoms with Crippen LogP contribution in [0, 0.1) is 12.8 Å². The number of amides is 3. The number of carbonyl (C=O) groups is 3. The van der Waals surface area contributed by atoms with E-state index < -0.39 is 17.9 Å². The van der Waals surface area contributed by atoms with Gasteiger partial charge in [-0.15, -0.1) is 0 Å². The summed E-state index contributed by atoms with van der Waals surface area (Å²) in [6.07, 6.45) is 9.59. The van der Waals surface area contributed by atoms with Crippen molar-refractivity contribution in [2.24, 2.45) is 5.92 Å². The first-order chi connectivity index (χ1) is 18.7. The van der Waals surface area contributed by atoms with Crippen LogP contribution in [0.4, 0.5) is 4.79 Å². The molecule has 2 N–H and O–H groups in total. The van der Waals surface area contributed by atoms with E-state index in [1.54, 1.807) is 36.8 Å². The molecule has 0 aliphatic heterocycles. The predicted octanol–water partition coefficient (Wildman–Crippen LogP) is 6.05. The van der Waals surface area contributed by atoms with Crippen molar-refractivity contribution >= 4 is 29.7 Å². The maximum Gasteiger partial charge on any atom is 0.326 e. The Morgan fingerprint density at radius 2 is 1.77 bits per heavy atom. The highest BCUT2D eigenvalue weighted by atomic mass is 32.2. The molecule has 3 amide bonds. The van der Waals surface area contributed by atoms with Crippen molar-refractivity contribution in [2.75, 3.05) is 32.6 Å². The summed E-state index contributed by atoms with van der Waals surface area (Å²) in [5.74, 6) is -0.149. The normalized spacial score (nSPS) is 14.5. The molecule has 0 unspecified atom stereocenters. The van der Waals surface area contributed by atoms with E-state index in [0.717, 1.165) is 28.7 Å². The SMILES string of the molecule is CSCC[C@H](NC(=O)c1ccc(CN(CCC2CCCCC2)C(=O)N(C)C)cc1-c1ccccc1C)C(=O)O. The second-order valence-corrected chi connectivity index (χ2v) is 11.7. The fourth-order valence-corrected chi connectivity index (χ4v) is 5.75. The lowest BCUT2D eigenvalue weighted by molar-refractivity contribution is -0.139. The summed E-state index contributed by atoms with van der Waals surface area (Å²) in [5.41, 5.74) is 4.02. The van der Waals surface area contributed by atoms with Crippen molar-refractivity contribution in [1.82, 2.24) is 15.1 Å². The third kappa shape index (κ3) is 8.75. The summed E-state index contributed by atoms with van der Waals surface area (Å²) in [6.45, 7) is 3.13. The van der Waals surface area contributed by atoms with E-state index in [0.29, 0.717) is 36.7 Å². The molecule has 1 atom stereocenters. The third-order valence-corrected chi connectivity index (χ3v) is 8.18. The molecule has 0 aromatic heterocycles. The predicted molar refractivity (Wildman–Crippen MR) is 159 cm³/mol. The van der Waals surface area contributed by atoms with E-state index >= 15 is 0 Å². The molecule has 1 saturated carbocycles. The van der Waals surface area contributed by atoms with Gasteiger partial charge in [0, 0.05) is 32.7 Å². The highest BCUT2D eigenvalue weighted by Gasteiger charge is 2.24. The molecule has 0 bridgehead atoms. The molecule has 0 radical (unpaired) electrons. The van der Waals surface area contributed by atoms with Crippen LogP contribution in [0.5, 0.6) is 0 Å². The Morgan fingerprint density at radius 3 is 2.41 bits per heavy atom. The fourth-order valence-electron chi connectivity index (χ4n) is 5.27. The number of carboxylic acid groups (broad SMARTS) is 1. The van der Waals surface area contributed by atoms with Gasteiger partial charge >= 0.3 is 12.0 Å². The first kappa shape index (κ1) is 30.5. The van der Waals surface area contributed by atoms with E-state index in [1.807, 2.05) is 54.5 Å². The first-order valence-electron chi connectivity index (χ1n) is 13.9. The Kier molecular flexibility index (Phi) is 11.7. The average molecular weight is 554 g/mol. The topological polar surface area (TPSA) is 90.0 Å². The van der Waals surface area contributed by atoms with Gasteiger partial charge in [-0.05, 0) is 72.1 Å². The zero-order valence-electron chi connectivity index (χ0n) is 23.7. The summed E-state index contributed by atoms with van der Waals surface area (Å²) in [6, 6.07) is 12.5. The molecule has 0 spiro atoms. The third-order valence-electron chi connectivity index (χ3n) is 7.54. The second kappa shape index (κ2) is 15.0. The molecule has 39 heavy (non-hydrogen) atoms. The van der Waals surface area contributed by atoms with Gasteiger partial charge in [0.15, 0.2) is 0 Å². The van der Waals surface area contributed by atoms with Crippen LogP contribution in [0.3, 0.4) is 0 Å². The van der Waals surface area contributed by atoms with Gasteiger partial charge in [-0.25, -0.2) is 9.59 Å². The maximum atomic E-state index is 13.4. The zero-order chi connectivity index (χ0) is 28.4. The minimum atomic E-state index is -1.04. The molecule has 0 heterocycles. The zero-order valence-corrected chi connectivity index (χ0v) is 24.6. The van der Waals surface area contributed by atoms with Gasteiger partial charge in [-0.2, -0.15) is 11.8 Å². The molecular formula is C31H43N3O4S. The Hall–Kier alpha value is -3.00. The van der Waals surface area contributed by atoms with E-state index in [1.165, 1.54) is 32.1 Å². The number of thioether (sulfide) groups is 1. The Morgan fingerprint density at radius 1 is 1.05 bits per heavy atom. The number of nitrogens with one attached hydrogen (secondary N) is 1. The molecular weight excluding hydrogens is 510 g/mol. The minimum absolute atomic E-state index is 0.0248. The molecule has 0 saturated heterocycles. The van der Waals surface area contributed by atoms with Crippen LogP contribution in [-0.2, 0) is 11.3 Å². The molecule has 1 aliphatic rings. The number of nitrogens with zero attached hydrogens (tertiary/aromatic N) is 2. The molecule has 8 heteroatoms. The van der Waals surface area contributed by atoms with Crippen LogP contribution in [-0.4, -0.2) is 71.5 Å². The summed E-state index contributed by atoms with van der Waals surface area (Å²) >= 11 is 1.55. The van der Waals surface area contributed by atoms with Crippen LogP contribution in [0.2, 0.25) is 0 Å². The van der Waals surface area contributed by atoms with Crippen LogP contribution < -0.4 is 5.32 Å². The van der Waals surface area contributed by atoms with Crippen molar-refractivity contribution in [3.8, 4) is 11.1 Å². The quantitative estimate of drug-likeness (QED) is 0.334. The van der Waals surface area contributed by atoms with Crippen molar-refractivity contribution in [3.05, 3.63) is 59.2 Å². The fraction of sp³-hybridized carbons (Fsp3) is 0.516. The van der Waals surface area contributed by atoms with Crippen LogP contribution in [0.15, 0.2) is 42.5 Å². The first-order valence-corrected chi connectivity index (χ1v) is 15.3. The summed E-state index contributed by atoms with van der Waals surface area (Å²) in [4.78, 5) is 41.8. The van der Waals surface area contributed by atoms with Gasteiger partial charge in [-0.3, -0.25) is 4.79 Å². The smallest absolute Gasteiger partial charge is 0.326 e. The number of aliphatic carboxylic acids is 1. The summed E-state index contributed by atoms with van der Waals surface area (Å²) < 4.78 is 0. The lowest BCUT2D eigenvalue weighted by atomic mass is 9.87. The largest absolute Gasteiger partial charge is 0.480 e. The standard InChI is InChI=1S/C31H43N3O4S/c1-22-10-8-9-13-25(22)27-20-24(14-15-26(27)29(35)32-28(30(36)37)17-19-39-4)21-34(31(38)33(2)3)18-16-23-11-6-5-7-12-23/h8-10,13-15,20,23,28H,5-7,11-12,16-19,21H2,1-4H3,(H,32,35)(H,36,37)/t28-/m0/s1. The molecule has 1 aliphatic carbocycles. The highest BCUT2D eigenvalue weighted by Crippen LogP contribution is 2.30. The molecule has 7 nitrogen and oxygen atoms in total. The number of aryl methyl sites for hydroxylation is 1. The van der Waals surface area contributed by atoms with Crippen LogP contribution in [0.1, 0.15) is 66.4 Å². The number of hydrogen-bond acceptors (Lipinski definition) is 4. The van der Waals surface area contributed by atoms with Crippen molar-refractivity contribution in [1.29, 1.82) is 0 Å². The van der Waals surface area contributed by atoms with Gasteiger partial charge in [0.05, 0.1) is 0 Å². The Balaban J connectivity index is 1.91. The van der Waals surface area contributed by atoms with E-state index in [-0.39, 0.29) is 6.03 Å². The number of urea groups is 1. The van der Waals surface area contributed by atoms with E-state index in [4.69, 9.17) is 0 Å². The second-order valence-electron chi connectivity index (χ2n) is 10.7. The minimum Gasteiger partial charge on any atom is -0.480 e. The number of carbonyl (C=O) groups excluding carboxylic acids is 2. The monoisotopic (exact) mass is 553 g/mol. The van der Waals surface area contributed by atoms with Gasteiger partial charge in [0.2, 0.25) is 0 Å². The van der Waals surface area contributed by atoms with Gasteiger partial charge in [-0.1, -0.05) is 62.4 Å². The van der Waals surface area contributed by atoms with Crippen molar-refractivity contribution < 1.29 is 19.5 Å². The number of rotatable bonds is 12. The van der Waals surface area contributed by atoms with E-state index in [9.17, 15) is 19.5 Å². The number of benzene rings is 2. The van der Waals surface area contributed by atoms with Crippen molar-refractivity contribution in [2.45, 2.75) is 64.5 Å². The number of hydrogen-bond donors (Lipinski definition) is 2. The Labute approximate surface area is 237 Å².